The van der Waals surface area contributed by atoms with Gasteiger partial charge in [-0.1, -0.05) is 111 Å². The van der Waals surface area contributed by atoms with E-state index in [-0.39, 0.29) is 5.41 Å². The highest BCUT2D eigenvalue weighted by molar-refractivity contribution is 6.03. The molecule has 0 fully saturated rings. The number of fused-ring (bicyclic) bond motifs is 6. The van der Waals surface area contributed by atoms with E-state index in [1.165, 1.54) is 44.2 Å². The third kappa shape index (κ3) is 4.13. The van der Waals surface area contributed by atoms with Gasteiger partial charge in [0.2, 0.25) is 5.89 Å². The Morgan fingerprint density at radius 2 is 1.24 bits per heavy atom. The maximum atomic E-state index is 6.81. The van der Waals surface area contributed by atoms with Crippen LogP contribution in [0.5, 0.6) is 0 Å². The molecule has 0 unspecified atom stereocenters. The lowest BCUT2D eigenvalue weighted by atomic mass is 9.81. The first-order chi connectivity index (χ1) is 22.5. The molecule has 0 spiro atoms. The van der Waals surface area contributed by atoms with E-state index in [0.29, 0.717) is 5.89 Å². The first kappa shape index (κ1) is 26.6. The number of oxazole rings is 1. The van der Waals surface area contributed by atoms with E-state index in [2.05, 4.69) is 146 Å². The van der Waals surface area contributed by atoms with E-state index in [4.69, 9.17) is 9.40 Å². The van der Waals surface area contributed by atoms with Gasteiger partial charge < -0.3 is 4.42 Å². The molecule has 8 aromatic rings. The molecular weight excluding hydrogens is 560 g/mol. The Bertz CT molecular complexity index is 2440. The largest absolute Gasteiger partial charge is 0.436 e. The Morgan fingerprint density at radius 1 is 0.522 bits per heavy atom. The Hall–Kier alpha value is -5.80. The van der Waals surface area contributed by atoms with E-state index in [1.807, 2.05) is 12.3 Å². The summed E-state index contributed by atoms with van der Waals surface area (Å²) >= 11 is 0. The third-order valence-electron chi connectivity index (χ3n) is 9.57. The molecule has 0 amide bonds. The predicted octanol–water partition coefficient (Wildman–Crippen LogP) is 11.4. The summed E-state index contributed by atoms with van der Waals surface area (Å²) < 4.78 is 6.81. The van der Waals surface area contributed by atoms with Crippen LogP contribution in [0.2, 0.25) is 0 Å². The first-order valence-electron chi connectivity index (χ1n) is 15.7. The van der Waals surface area contributed by atoms with Crippen molar-refractivity contribution in [2.24, 2.45) is 0 Å². The Kier molecular flexibility index (Phi) is 5.85. The minimum absolute atomic E-state index is 0.226. The van der Waals surface area contributed by atoms with Crippen molar-refractivity contribution in [3.8, 4) is 56.0 Å². The second kappa shape index (κ2) is 10.1. The van der Waals surface area contributed by atoms with Crippen LogP contribution < -0.4 is 0 Å². The van der Waals surface area contributed by atoms with Gasteiger partial charge in [-0.05, 0) is 91.7 Å². The molecule has 2 heterocycles. The van der Waals surface area contributed by atoms with Gasteiger partial charge in [-0.25, -0.2) is 4.98 Å². The van der Waals surface area contributed by atoms with Crippen LogP contribution in [0, 0.1) is 0 Å². The Labute approximate surface area is 267 Å². The maximum absolute atomic E-state index is 6.81. The number of hydrogen-bond donors (Lipinski definition) is 0. The van der Waals surface area contributed by atoms with Gasteiger partial charge in [0, 0.05) is 34.5 Å². The van der Waals surface area contributed by atoms with Crippen LogP contribution in [-0.4, -0.2) is 9.97 Å². The van der Waals surface area contributed by atoms with Gasteiger partial charge in [0.15, 0.2) is 5.58 Å². The second-order valence-corrected chi connectivity index (χ2v) is 12.7. The van der Waals surface area contributed by atoms with Gasteiger partial charge in [-0.3, -0.25) is 4.98 Å². The molecule has 6 aromatic carbocycles. The summed E-state index contributed by atoms with van der Waals surface area (Å²) in [6.45, 7) is 4.59. The fraction of sp³-hybridized carbons (Fsp3) is 0.0698. The number of aromatic nitrogens is 2. The molecule has 9 rings (SSSR count). The molecular formula is C43H30N2O. The summed E-state index contributed by atoms with van der Waals surface area (Å²) in [7, 11) is 0. The smallest absolute Gasteiger partial charge is 0.227 e. The highest BCUT2D eigenvalue weighted by atomic mass is 16.3. The molecule has 0 N–H and O–H groups in total. The van der Waals surface area contributed by atoms with E-state index >= 15 is 0 Å². The summed E-state index contributed by atoms with van der Waals surface area (Å²) in [5, 5.41) is 2.48. The average molecular weight is 591 g/mol. The average Bonchev–Trinajstić information content (AvgIpc) is 3.65. The van der Waals surface area contributed by atoms with Crippen molar-refractivity contribution in [3.05, 3.63) is 157 Å². The zero-order chi connectivity index (χ0) is 30.8. The topological polar surface area (TPSA) is 38.9 Å². The van der Waals surface area contributed by atoms with Gasteiger partial charge in [0.05, 0.1) is 0 Å². The van der Waals surface area contributed by atoms with Crippen LogP contribution in [0.3, 0.4) is 0 Å². The van der Waals surface area contributed by atoms with E-state index < -0.39 is 0 Å². The van der Waals surface area contributed by atoms with E-state index in [1.54, 1.807) is 6.20 Å². The fourth-order valence-corrected chi connectivity index (χ4v) is 7.23. The lowest BCUT2D eigenvalue weighted by molar-refractivity contribution is 0.593. The SMILES string of the molecule is CC1(C)c2ccccc2-c2cc(-c3cccc(-c4ccc5ccccc5c4)c3)c3nc(-c4ccc(-c5cccnc5)cc4)oc3c21. The molecule has 2 aromatic heterocycles. The molecule has 46 heavy (non-hydrogen) atoms. The Balaban J connectivity index is 1.24. The van der Waals surface area contributed by atoms with Crippen molar-refractivity contribution in [1.82, 2.24) is 9.97 Å². The van der Waals surface area contributed by atoms with Crippen molar-refractivity contribution >= 4 is 21.9 Å². The van der Waals surface area contributed by atoms with Crippen molar-refractivity contribution < 1.29 is 4.42 Å². The van der Waals surface area contributed by atoms with Crippen LogP contribution in [0.1, 0.15) is 25.0 Å². The highest BCUT2D eigenvalue weighted by Gasteiger charge is 2.39. The molecule has 0 aliphatic heterocycles. The van der Waals surface area contributed by atoms with Gasteiger partial charge in [-0.2, -0.15) is 0 Å². The molecule has 3 heteroatoms. The number of hydrogen-bond acceptors (Lipinski definition) is 3. The van der Waals surface area contributed by atoms with Crippen LogP contribution >= 0.6 is 0 Å². The molecule has 218 valence electrons. The highest BCUT2D eigenvalue weighted by Crippen LogP contribution is 2.53. The quantitative estimate of drug-likeness (QED) is 0.205. The number of nitrogens with zero attached hydrogens (tertiary/aromatic N) is 2. The maximum Gasteiger partial charge on any atom is 0.227 e. The summed E-state index contributed by atoms with van der Waals surface area (Å²) in [5.41, 5.74) is 14.2. The predicted molar refractivity (Wildman–Crippen MR) is 189 cm³/mol. The minimum atomic E-state index is -0.226. The lowest BCUT2D eigenvalue weighted by Gasteiger charge is -2.21. The van der Waals surface area contributed by atoms with Gasteiger partial charge >= 0.3 is 0 Å². The summed E-state index contributed by atoms with van der Waals surface area (Å²) in [6, 6.07) is 47.5. The molecule has 0 radical (unpaired) electrons. The second-order valence-electron chi connectivity index (χ2n) is 12.7. The van der Waals surface area contributed by atoms with Crippen molar-refractivity contribution in [1.29, 1.82) is 0 Å². The lowest BCUT2D eigenvalue weighted by Crippen LogP contribution is -2.15. The molecule has 1 aliphatic carbocycles. The molecule has 1 aliphatic rings. The summed E-state index contributed by atoms with van der Waals surface area (Å²) in [5.74, 6) is 0.625. The number of pyridine rings is 1. The van der Waals surface area contributed by atoms with Gasteiger partial charge in [0.1, 0.15) is 5.52 Å². The molecule has 0 saturated heterocycles. The van der Waals surface area contributed by atoms with Crippen LogP contribution in [0.15, 0.2) is 150 Å². The van der Waals surface area contributed by atoms with Gasteiger partial charge in [-0.15, -0.1) is 0 Å². The van der Waals surface area contributed by atoms with Crippen LogP contribution in [-0.2, 0) is 5.41 Å². The summed E-state index contributed by atoms with van der Waals surface area (Å²) in [4.78, 5) is 9.51. The number of rotatable bonds is 4. The monoisotopic (exact) mass is 590 g/mol. The van der Waals surface area contributed by atoms with Crippen LogP contribution in [0.25, 0.3) is 77.8 Å². The van der Waals surface area contributed by atoms with Crippen molar-refractivity contribution in [2.45, 2.75) is 19.3 Å². The zero-order valence-electron chi connectivity index (χ0n) is 25.7. The zero-order valence-corrected chi connectivity index (χ0v) is 25.7. The van der Waals surface area contributed by atoms with E-state index in [9.17, 15) is 0 Å². The molecule has 0 bridgehead atoms. The van der Waals surface area contributed by atoms with Crippen LogP contribution in [0.4, 0.5) is 0 Å². The molecule has 3 nitrogen and oxygen atoms in total. The number of benzene rings is 6. The Morgan fingerprint density at radius 3 is 2.09 bits per heavy atom. The summed E-state index contributed by atoms with van der Waals surface area (Å²) in [6.07, 6.45) is 3.68. The normalized spacial score (nSPS) is 13.2. The minimum Gasteiger partial charge on any atom is -0.436 e. The van der Waals surface area contributed by atoms with E-state index in [0.717, 1.165) is 38.9 Å². The standard InChI is InChI=1S/C43H30N2O/c1-43(2)38-15-6-5-14-35(38)37-25-36(33-12-7-11-31(24-33)32-21-18-27-9-3-4-10-30(27)23-32)40-41(39(37)43)46-42(45-40)29-19-16-28(17-20-29)34-13-8-22-44-26-34/h3-26H,1-2H3. The molecule has 0 atom stereocenters. The van der Waals surface area contributed by atoms with Crippen molar-refractivity contribution in [3.63, 3.8) is 0 Å². The van der Waals surface area contributed by atoms with Crippen molar-refractivity contribution in [2.75, 3.05) is 0 Å². The fourth-order valence-electron chi connectivity index (χ4n) is 7.23. The van der Waals surface area contributed by atoms with Gasteiger partial charge in [0.25, 0.3) is 0 Å². The third-order valence-corrected chi connectivity index (χ3v) is 9.57. The molecule has 0 saturated carbocycles. The first-order valence-corrected chi connectivity index (χ1v) is 15.7.